The molecule has 26 heavy (non-hydrogen) atoms. The summed E-state index contributed by atoms with van der Waals surface area (Å²) in [6.07, 6.45) is 4.95. The summed E-state index contributed by atoms with van der Waals surface area (Å²) >= 11 is 0. The highest BCUT2D eigenvalue weighted by Crippen LogP contribution is 2.44. The first-order chi connectivity index (χ1) is 12.6. The lowest BCUT2D eigenvalue weighted by Gasteiger charge is -2.36. The SMILES string of the molecule is COc1ccc2[nH]c(CNC(=O)[C@H]3CC(=O)OC34CCCCC4)cc2c1. The fraction of sp³-hybridized carbons (Fsp3) is 0.500. The molecule has 2 fully saturated rings. The molecule has 1 amide bonds. The van der Waals surface area contributed by atoms with E-state index in [0.29, 0.717) is 6.54 Å². The van der Waals surface area contributed by atoms with Crippen molar-refractivity contribution in [3.05, 3.63) is 30.0 Å². The van der Waals surface area contributed by atoms with E-state index in [0.717, 1.165) is 54.5 Å². The molecule has 138 valence electrons. The summed E-state index contributed by atoms with van der Waals surface area (Å²) in [6, 6.07) is 7.82. The Morgan fingerprint density at radius 2 is 2.12 bits per heavy atom. The lowest BCUT2D eigenvalue weighted by atomic mass is 9.75. The van der Waals surface area contributed by atoms with Crippen LogP contribution in [0.25, 0.3) is 10.9 Å². The normalized spacial score (nSPS) is 21.7. The van der Waals surface area contributed by atoms with E-state index in [1.165, 1.54) is 0 Å². The van der Waals surface area contributed by atoms with Crippen LogP contribution in [0.4, 0.5) is 0 Å². The third-order valence-electron chi connectivity index (χ3n) is 5.68. The molecule has 0 radical (unpaired) electrons. The highest BCUT2D eigenvalue weighted by Gasteiger charge is 2.52. The molecule has 1 spiro atoms. The van der Waals surface area contributed by atoms with Gasteiger partial charge in [-0.3, -0.25) is 9.59 Å². The number of carbonyl (C=O) groups excluding carboxylic acids is 2. The van der Waals surface area contributed by atoms with Crippen molar-refractivity contribution in [2.45, 2.75) is 50.7 Å². The van der Waals surface area contributed by atoms with Crippen molar-refractivity contribution in [1.82, 2.24) is 10.3 Å². The number of hydrogen-bond donors (Lipinski definition) is 2. The van der Waals surface area contributed by atoms with E-state index in [4.69, 9.17) is 9.47 Å². The fourth-order valence-electron chi connectivity index (χ4n) is 4.32. The molecule has 4 rings (SSSR count). The van der Waals surface area contributed by atoms with Gasteiger partial charge in [0.25, 0.3) is 0 Å². The molecule has 1 saturated carbocycles. The molecule has 1 atom stereocenters. The Bertz CT molecular complexity index is 835. The van der Waals surface area contributed by atoms with Gasteiger partial charge in [0.1, 0.15) is 11.4 Å². The number of benzene rings is 1. The van der Waals surface area contributed by atoms with E-state index < -0.39 is 5.60 Å². The Morgan fingerprint density at radius 3 is 2.88 bits per heavy atom. The second-order valence-corrected chi connectivity index (χ2v) is 7.32. The van der Waals surface area contributed by atoms with Crippen LogP contribution in [0.2, 0.25) is 0 Å². The molecule has 0 bridgehead atoms. The molecular formula is C20H24N2O4. The summed E-state index contributed by atoms with van der Waals surface area (Å²) in [4.78, 5) is 27.9. The van der Waals surface area contributed by atoms with Crippen molar-refractivity contribution in [3.8, 4) is 5.75 Å². The molecule has 2 N–H and O–H groups in total. The molecule has 6 heteroatoms. The third kappa shape index (κ3) is 3.04. The minimum atomic E-state index is -0.576. The third-order valence-corrected chi connectivity index (χ3v) is 5.68. The lowest BCUT2D eigenvalue weighted by Crippen LogP contribution is -2.45. The van der Waals surface area contributed by atoms with Gasteiger partial charge in [-0.25, -0.2) is 0 Å². The smallest absolute Gasteiger partial charge is 0.307 e. The maximum atomic E-state index is 12.8. The predicted molar refractivity (Wildman–Crippen MR) is 96.7 cm³/mol. The van der Waals surface area contributed by atoms with Crippen LogP contribution in [0.15, 0.2) is 24.3 Å². The van der Waals surface area contributed by atoms with Gasteiger partial charge in [-0.2, -0.15) is 0 Å². The number of methoxy groups -OCH3 is 1. The zero-order valence-electron chi connectivity index (χ0n) is 15.0. The molecule has 2 heterocycles. The number of esters is 1. The van der Waals surface area contributed by atoms with Crippen LogP contribution in [-0.4, -0.2) is 29.6 Å². The zero-order chi connectivity index (χ0) is 18.1. The van der Waals surface area contributed by atoms with E-state index in [9.17, 15) is 9.59 Å². The number of amides is 1. The standard InChI is InChI=1S/C20H24N2O4/c1-25-15-5-6-17-13(10-15)9-14(22-17)12-21-19(24)16-11-18(23)26-20(16)7-3-2-4-8-20/h5-6,9-10,16,22H,2-4,7-8,11-12H2,1H3,(H,21,24)/t16-/m1/s1. The molecule has 1 aromatic heterocycles. The van der Waals surface area contributed by atoms with Crippen molar-refractivity contribution in [2.75, 3.05) is 7.11 Å². The Labute approximate surface area is 152 Å². The van der Waals surface area contributed by atoms with Gasteiger partial charge >= 0.3 is 5.97 Å². The van der Waals surface area contributed by atoms with Gasteiger partial charge in [0.2, 0.25) is 5.91 Å². The summed E-state index contributed by atoms with van der Waals surface area (Å²) < 4.78 is 10.9. The zero-order valence-corrected chi connectivity index (χ0v) is 15.0. The van der Waals surface area contributed by atoms with E-state index in [-0.39, 0.29) is 24.2 Å². The Hall–Kier alpha value is -2.50. The number of rotatable bonds is 4. The molecule has 6 nitrogen and oxygen atoms in total. The quantitative estimate of drug-likeness (QED) is 0.825. The van der Waals surface area contributed by atoms with Crippen molar-refractivity contribution >= 4 is 22.8 Å². The van der Waals surface area contributed by atoms with Gasteiger partial charge in [-0.15, -0.1) is 0 Å². The monoisotopic (exact) mass is 356 g/mol. The first-order valence-corrected chi connectivity index (χ1v) is 9.25. The lowest BCUT2D eigenvalue weighted by molar-refractivity contribution is -0.153. The number of nitrogens with one attached hydrogen (secondary N) is 2. The highest BCUT2D eigenvalue weighted by molar-refractivity contribution is 5.88. The Morgan fingerprint density at radius 1 is 1.31 bits per heavy atom. The summed E-state index contributed by atoms with van der Waals surface area (Å²) in [5.74, 6) is 0.0893. The molecule has 2 aliphatic rings. The van der Waals surface area contributed by atoms with Crippen molar-refractivity contribution in [3.63, 3.8) is 0 Å². The van der Waals surface area contributed by atoms with Crippen LogP contribution < -0.4 is 10.1 Å². The van der Waals surface area contributed by atoms with Gasteiger partial charge in [0.15, 0.2) is 0 Å². The first kappa shape index (κ1) is 16.9. The van der Waals surface area contributed by atoms with Crippen LogP contribution in [0, 0.1) is 5.92 Å². The molecule has 1 aliphatic heterocycles. The Balaban J connectivity index is 1.45. The summed E-state index contributed by atoms with van der Waals surface area (Å²) in [5, 5.41) is 4.03. The first-order valence-electron chi connectivity index (χ1n) is 9.25. The summed E-state index contributed by atoms with van der Waals surface area (Å²) in [7, 11) is 1.64. The molecule has 1 aliphatic carbocycles. The number of hydrogen-bond acceptors (Lipinski definition) is 4. The minimum Gasteiger partial charge on any atom is -0.497 e. The largest absolute Gasteiger partial charge is 0.497 e. The van der Waals surface area contributed by atoms with Crippen molar-refractivity contribution < 1.29 is 19.1 Å². The van der Waals surface area contributed by atoms with Gasteiger partial charge < -0.3 is 19.8 Å². The number of ether oxygens (including phenoxy) is 2. The number of aromatic nitrogens is 1. The van der Waals surface area contributed by atoms with Crippen molar-refractivity contribution in [1.29, 1.82) is 0 Å². The molecule has 1 aromatic carbocycles. The second kappa shape index (κ2) is 6.67. The molecule has 0 unspecified atom stereocenters. The summed E-state index contributed by atoms with van der Waals surface area (Å²) in [6.45, 7) is 0.399. The number of carbonyl (C=O) groups is 2. The fourth-order valence-corrected chi connectivity index (χ4v) is 4.32. The van der Waals surface area contributed by atoms with Crippen LogP contribution in [0.1, 0.15) is 44.2 Å². The van der Waals surface area contributed by atoms with Gasteiger partial charge in [-0.05, 0) is 49.9 Å². The maximum Gasteiger partial charge on any atom is 0.307 e. The van der Waals surface area contributed by atoms with Crippen LogP contribution in [-0.2, 0) is 20.9 Å². The van der Waals surface area contributed by atoms with Crippen LogP contribution in [0.5, 0.6) is 5.75 Å². The number of fused-ring (bicyclic) bond motifs is 1. The van der Waals surface area contributed by atoms with Crippen LogP contribution in [0.3, 0.4) is 0 Å². The highest BCUT2D eigenvalue weighted by atomic mass is 16.6. The van der Waals surface area contributed by atoms with E-state index in [1.54, 1.807) is 7.11 Å². The minimum absolute atomic E-state index is 0.0889. The van der Waals surface area contributed by atoms with E-state index in [2.05, 4.69) is 10.3 Å². The number of aromatic amines is 1. The predicted octanol–water partition coefficient (Wildman–Crippen LogP) is 3.06. The average molecular weight is 356 g/mol. The molecule has 1 saturated heterocycles. The maximum absolute atomic E-state index is 12.8. The average Bonchev–Trinajstić information content (AvgIpc) is 3.20. The van der Waals surface area contributed by atoms with Gasteiger partial charge in [0.05, 0.1) is 26.0 Å². The van der Waals surface area contributed by atoms with E-state index >= 15 is 0 Å². The second-order valence-electron chi connectivity index (χ2n) is 7.32. The van der Waals surface area contributed by atoms with Gasteiger partial charge in [-0.1, -0.05) is 6.42 Å². The Kier molecular flexibility index (Phi) is 4.34. The molecule has 2 aromatic rings. The topological polar surface area (TPSA) is 80.4 Å². The summed E-state index contributed by atoms with van der Waals surface area (Å²) in [5.41, 5.74) is 1.34. The number of H-pyrrole nitrogens is 1. The van der Waals surface area contributed by atoms with Gasteiger partial charge in [0, 0.05) is 16.6 Å². The molecular weight excluding hydrogens is 332 g/mol. The van der Waals surface area contributed by atoms with Crippen molar-refractivity contribution in [2.24, 2.45) is 5.92 Å². The van der Waals surface area contributed by atoms with E-state index in [1.807, 2.05) is 24.3 Å². The van der Waals surface area contributed by atoms with Crippen LogP contribution >= 0.6 is 0 Å².